The van der Waals surface area contributed by atoms with Crippen LogP contribution in [-0.4, -0.2) is 19.8 Å². The number of hydrogen-bond acceptors (Lipinski definition) is 3. The van der Waals surface area contributed by atoms with Crippen LogP contribution in [0.3, 0.4) is 0 Å². The summed E-state index contributed by atoms with van der Waals surface area (Å²) in [6.45, 7) is 0. The molecule has 4 saturated carbocycles. The third-order valence-corrected chi connectivity index (χ3v) is 8.58. The lowest BCUT2D eigenvalue weighted by Crippen LogP contribution is -2.57. The maximum atomic E-state index is 13.2. The Labute approximate surface area is 172 Å². The van der Waals surface area contributed by atoms with Gasteiger partial charge in [0.1, 0.15) is 0 Å². The highest BCUT2D eigenvalue weighted by molar-refractivity contribution is 9.10. The van der Waals surface area contributed by atoms with Gasteiger partial charge in [0.15, 0.2) is 5.16 Å². The van der Waals surface area contributed by atoms with Gasteiger partial charge in [0.05, 0.1) is 5.41 Å². The lowest BCUT2D eigenvalue weighted by atomic mass is 9.49. The number of rotatable bonds is 4. The van der Waals surface area contributed by atoms with Crippen molar-refractivity contribution >= 4 is 39.3 Å². The monoisotopic (exact) mass is 445 g/mol. The van der Waals surface area contributed by atoms with E-state index in [9.17, 15) is 4.79 Å². The smallest absolute Gasteiger partial charge is 0.230 e. The number of carbonyl (C=O) groups is 1. The summed E-state index contributed by atoms with van der Waals surface area (Å²) in [7, 11) is 1.99. The second-order valence-electron chi connectivity index (χ2n) is 8.79. The summed E-state index contributed by atoms with van der Waals surface area (Å²) < 4.78 is 2.21. The number of amides is 1. The number of benzene rings is 1. The van der Waals surface area contributed by atoms with Crippen LogP contribution in [-0.2, 0) is 11.8 Å². The Bertz CT molecular complexity index is 864. The third-order valence-electron chi connectivity index (χ3n) is 6.57. The van der Waals surface area contributed by atoms with E-state index in [1.54, 1.807) is 18.0 Å². The molecular weight excluding hydrogens is 422 g/mol. The zero-order valence-electron chi connectivity index (χ0n) is 15.5. The molecule has 0 spiro atoms. The highest BCUT2D eigenvalue weighted by Gasteiger charge is 2.59. The maximum Gasteiger partial charge on any atom is 0.230 e. The maximum absolute atomic E-state index is 13.2. The van der Waals surface area contributed by atoms with Gasteiger partial charge >= 0.3 is 0 Å². The first-order valence-corrected chi connectivity index (χ1v) is 11.3. The van der Waals surface area contributed by atoms with Crippen molar-refractivity contribution in [2.24, 2.45) is 24.3 Å². The molecule has 4 aliphatic carbocycles. The van der Waals surface area contributed by atoms with E-state index in [4.69, 9.17) is 0 Å². The van der Waals surface area contributed by atoms with Crippen molar-refractivity contribution in [1.29, 1.82) is 0 Å². The standard InChI is InChI=1S/C21H24BrN3OS/c1-25-7-6-23-19(25)27-17-4-2-16(3-5-17)24-18(26)20-9-14-8-15(10-20)12-21(22,11-14)13-20/h2-7,14-15H,8-13H2,1H3,(H,24,26). The largest absolute Gasteiger partial charge is 0.329 e. The minimum atomic E-state index is -0.173. The normalized spacial score (nSPS) is 34.0. The summed E-state index contributed by atoms with van der Waals surface area (Å²) >= 11 is 5.63. The Morgan fingerprint density at radius 1 is 1.22 bits per heavy atom. The molecule has 4 bridgehead atoms. The van der Waals surface area contributed by atoms with Gasteiger partial charge in [-0.15, -0.1) is 0 Å². The number of aromatic nitrogens is 2. The van der Waals surface area contributed by atoms with Gasteiger partial charge in [-0.1, -0.05) is 27.7 Å². The van der Waals surface area contributed by atoms with Crippen LogP contribution >= 0.6 is 27.7 Å². The average molecular weight is 446 g/mol. The molecule has 2 unspecified atom stereocenters. The SMILES string of the molecule is Cn1ccnc1Sc1ccc(NC(=O)C23CC4CC(CC(Br)(C4)C2)C3)cc1. The third kappa shape index (κ3) is 3.25. The van der Waals surface area contributed by atoms with Gasteiger partial charge in [-0.05, 0) is 74.6 Å². The van der Waals surface area contributed by atoms with Crippen LogP contribution in [0.1, 0.15) is 38.5 Å². The number of alkyl halides is 1. The van der Waals surface area contributed by atoms with Crippen LogP contribution < -0.4 is 5.32 Å². The molecule has 4 nitrogen and oxygen atoms in total. The van der Waals surface area contributed by atoms with Gasteiger partial charge in [0, 0.05) is 34.3 Å². The molecule has 1 aromatic heterocycles. The summed E-state index contributed by atoms with van der Waals surface area (Å²) in [6.07, 6.45) is 10.7. The molecule has 1 N–H and O–H groups in total. The topological polar surface area (TPSA) is 46.9 Å². The molecule has 6 heteroatoms. The Morgan fingerprint density at radius 2 is 1.93 bits per heavy atom. The molecule has 4 aliphatic rings. The van der Waals surface area contributed by atoms with Crippen molar-refractivity contribution in [3.05, 3.63) is 36.7 Å². The van der Waals surface area contributed by atoms with E-state index in [0.29, 0.717) is 11.8 Å². The van der Waals surface area contributed by atoms with Crippen LogP contribution in [0, 0.1) is 17.3 Å². The Kier molecular flexibility index (Phi) is 4.20. The van der Waals surface area contributed by atoms with Gasteiger partial charge < -0.3 is 9.88 Å². The zero-order chi connectivity index (χ0) is 18.6. The quantitative estimate of drug-likeness (QED) is 0.654. The first-order chi connectivity index (χ1) is 12.9. The van der Waals surface area contributed by atoms with Crippen molar-refractivity contribution in [1.82, 2.24) is 9.55 Å². The number of halogens is 1. The van der Waals surface area contributed by atoms with E-state index in [1.807, 2.05) is 29.9 Å². The fourth-order valence-corrected chi connectivity index (χ4v) is 8.10. The van der Waals surface area contributed by atoms with E-state index in [2.05, 4.69) is 38.4 Å². The van der Waals surface area contributed by atoms with Crippen LogP contribution in [0.4, 0.5) is 5.69 Å². The number of imidazole rings is 1. The second kappa shape index (κ2) is 6.38. The van der Waals surface area contributed by atoms with E-state index in [1.165, 1.54) is 19.3 Å². The highest BCUT2D eigenvalue weighted by atomic mass is 79.9. The molecule has 2 atom stereocenters. The summed E-state index contributed by atoms with van der Waals surface area (Å²) in [4.78, 5) is 18.7. The van der Waals surface area contributed by atoms with Crippen molar-refractivity contribution in [2.75, 3.05) is 5.32 Å². The van der Waals surface area contributed by atoms with E-state index in [0.717, 1.165) is 35.0 Å². The molecule has 0 radical (unpaired) electrons. The molecule has 0 aliphatic heterocycles. The minimum Gasteiger partial charge on any atom is -0.329 e. The van der Waals surface area contributed by atoms with Crippen LogP contribution in [0.5, 0.6) is 0 Å². The van der Waals surface area contributed by atoms with Crippen LogP contribution in [0.2, 0.25) is 0 Å². The summed E-state index contributed by atoms with van der Waals surface area (Å²) in [5, 5.41) is 4.18. The van der Waals surface area contributed by atoms with E-state index < -0.39 is 0 Å². The van der Waals surface area contributed by atoms with Crippen molar-refractivity contribution in [3.8, 4) is 0 Å². The molecule has 1 heterocycles. The second-order valence-corrected chi connectivity index (χ2v) is 11.5. The van der Waals surface area contributed by atoms with E-state index in [-0.39, 0.29) is 15.6 Å². The number of anilines is 1. The van der Waals surface area contributed by atoms with Crippen molar-refractivity contribution < 1.29 is 4.79 Å². The van der Waals surface area contributed by atoms with Crippen LogP contribution in [0.15, 0.2) is 46.7 Å². The van der Waals surface area contributed by atoms with Gasteiger partial charge in [-0.2, -0.15) is 0 Å². The summed E-state index contributed by atoms with van der Waals surface area (Å²) in [5.41, 5.74) is 0.720. The summed E-state index contributed by atoms with van der Waals surface area (Å²) in [6, 6.07) is 8.13. The lowest BCUT2D eigenvalue weighted by molar-refractivity contribution is -0.138. The fourth-order valence-electron chi connectivity index (χ4n) is 5.84. The Morgan fingerprint density at radius 3 is 2.52 bits per heavy atom. The molecular formula is C21H24BrN3OS. The minimum absolute atomic E-state index is 0.173. The molecule has 2 aromatic rings. The molecule has 142 valence electrons. The molecule has 0 saturated heterocycles. The molecule has 4 fully saturated rings. The van der Waals surface area contributed by atoms with Crippen LogP contribution in [0.25, 0.3) is 0 Å². The zero-order valence-corrected chi connectivity index (χ0v) is 17.9. The number of nitrogens with one attached hydrogen (secondary N) is 1. The van der Waals surface area contributed by atoms with Gasteiger partial charge in [-0.25, -0.2) is 4.98 Å². The number of hydrogen-bond donors (Lipinski definition) is 1. The average Bonchev–Trinajstić information content (AvgIpc) is 2.99. The first-order valence-electron chi connectivity index (χ1n) is 9.69. The fraction of sp³-hybridized carbons (Fsp3) is 0.524. The Hall–Kier alpha value is -1.27. The van der Waals surface area contributed by atoms with Gasteiger partial charge in [-0.3, -0.25) is 4.79 Å². The number of aryl methyl sites for hydroxylation is 1. The molecule has 1 aromatic carbocycles. The summed E-state index contributed by atoms with van der Waals surface area (Å²) in [5.74, 6) is 1.66. The molecule has 27 heavy (non-hydrogen) atoms. The number of carbonyl (C=O) groups excluding carboxylic acids is 1. The highest BCUT2D eigenvalue weighted by Crippen LogP contribution is 2.64. The van der Waals surface area contributed by atoms with Crippen molar-refractivity contribution in [3.63, 3.8) is 0 Å². The van der Waals surface area contributed by atoms with Crippen molar-refractivity contribution in [2.45, 2.75) is 52.9 Å². The predicted molar refractivity (Wildman–Crippen MR) is 111 cm³/mol. The lowest BCUT2D eigenvalue weighted by Gasteiger charge is -2.59. The van der Waals surface area contributed by atoms with E-state index >= 15 is 0 Å². The Balaban J connectivity index is 1.29. The first kappa shape index (κ1) is 17.8. The molecule has 1 amide bonds. The predicted octanol–water partition coefficient (Wildman–Crippen LogP) is 5.24. The molecule has 6 rings (SSSR count). The van der Waals surface area contributed by atoms with Gasteiger partial charge in [0.25, 0.3) is 0 Å². The number of nitrogens with zero attached hydrogens (tertiary/aromatic N) is 2. The van der Waals surface area contributed by atoms with Gasteiger partial charge in [0.2, 0.25) is 5.91 Å².